The average molecular weight is 348 g/mol. The number of carboxylic acid groups (broad SMARTS) is 1. The Bertz CT molecular complexity index is 933. The van der Waals surface area contributed by atoms with Gasteiger partial charge in [0.15, 0.2) is 0 Å². The van der Waals surface area contributed by atoms with Crippen molar-refractivity contribution in [1.29, 1.82) is 0 Å². The van der Waals surface area contributed by atoms with E-state index in [4.69, 9.17) is 0 Å². The first-order chi connectivity index (χ1) is 12.5. The number of hydrogen-bond acceptors (Lipinski definition) is 4. The van der Waals surface area contributed by atoms with Crippen molar-refractivity contribution in [3.05, 3.63) is 83.1 Å². The lowest BCUT2D eigenvalue weighted by Gasteiger charge is -2.37. The van der Waals surface area contributed by atoms with Crippen molar-refractivity contribution in [2.45, 2.75) is 26.0 Å². The number of aliphatic hydroxyl groups excluding tert-OH is 1. The molecule has 2 unspecified atom stereocenters. The summed E-state index contributed by atoms with van der Waals surface area (Å²) in [5.41, 5.74) is 4.46. The molecule has 0 saturated carbocycles. The van der Waals surface area contributed by atoms with Gasteiger partial charge < -0.3 is 10.2 Å². The summed E-state index contributed by atoms with van der Waals surface area (Å²) < 4.78 is 0. The lowest BCUT2D eigenvalue weighted by molar-refractivity contribution is -0.132. The molecule has 5 heteroatoms. The Morgan fingerprint density at radius 2 is 1.69 bits per heavy atom. The number of benzene rings is 2. The number of carboxylic acids is 1. The van der Waals surface area contributed by atoms with Gasteiger partial charge in [-0.25, -0.2) is 4.79 Å². The molecule has 2 aromatic rings. The summed E-state index contributed by atoms with van der Waals surface area (Å²) in [6, 6.07) is 17.0. The highest BCUT2D eigenvalue weighted by Gasteiger charge is 2.41. The maximum atomic E-state index is 11.9. The lowest BCUT2D eigenvalue weighted by atomic mass is 10.1. The number of fused-ring (bicyclic) bond motifs is 1. The topological polar surface area (TPSA) is 64.0 Å². The molecule has 0 aromatic heterocycles. The van der Waals surface area contributed by atoms with Gasteiger partial charge in [-0.15, -0.1) is 0 Å². The predicted molar refractivity (Wildman–Crippen MR) is 99.9 cm³/mol. The first-order valence-electron chi connectivity index (χ1n) is 8.58. The Morgan fingerprint density at radius 3 is 2.38 bits per heavy atom. The van der Waals surface area contributed by atoms with Crippen molar-refractivity contribution in [3.63, 3.8) is 0 Å². The van der Waals surface area contributed by atoms with Gasteiger partial charge in [0.25, 0.3) is 0 Å². The van der Waals surface area contributed by atoms with E-state index >= 15 is 0 Å². The number of anilines is 1. The van der Waals surface area contributed by atoms with E-state index in [0.29, 0.717) is 11.3 Å². The van der Waals surface area contributed by atoms with Crippen molar-refractivity contribution >= 4 is 17.4 Å². The fourth-order valence-electron chi connectivity index (χ4n) is 3.93. The van der Waals surface area contributed by atoms with Gasteiger partial charge in [0, 0.05) is 5.56 Å². The summed E-state index contributed by atoms with van der Waals surface area (Å²) in [5.74, 6) is -0.925. The van der Waals surface area contributed by atoms with E-state index in [1.807, 2.05) is 78.5 Å². The van der Waals surface area contributed by atoms with Gasteiger partial charge in [0.05, 0.1) is 28.7 Å². The maximum Gasteiger partial charge on any atom is 0.335 e. The fraction of sp³-hybridized carbons (Fsp3) is 0.190. The molecule has 0 spiro atoms. The van der Waals surface area contributed by atoms with E-state index in [2.05, 4.69) is 0 Å². The molecule has 2 N–H and O–H groups in total. The van der Waals surface area contributed by atoms with Gasteiger partial charge in [-0.1, -0.05) is 42.5 Å². The minimum atomic E-state index is -0.925. The predicted octanol–water partition coefficient (Wildman–Crippen LogP) is 3.56. The smallest absolute Gasteiger partial charge is 0.335 e. The number of rotatable bonds is 3. The van der Waals surface area contributed by atoms with Crippen molar-refractivity contribution in [2.75, 3.05) is 5.01 Å². The second kappa shape index (κ2) is 6.04. The molecule has 1 heterocycles. The summed E-state index contributed by atoms with van der Waals surface area (Å²) in [6.07, 6.45) is 1.08. The van der Waals surface area contributed by atoms with E-state index in [1.54, 1.807) is 6.08 Å². The van der Waals surface area contributed by atoms with E-state index in [-0.39, 0.29) is 6.04 Å². The molecule has 2 aromatic carbocycles. The highest BCUT2D eigenvalue weighted by Crippen LogP contribution is 2.44. The van der Waals surface area contributed by atoms with Crippen LogP contribution in [0.3, 0.4) is 0 Å². The van der Waals surface area contributed by atoms with Crippen molar-refractivity contribution in [2.24, 2.45) is 0 Å². The lowest BCUT2D eigenvalue weighted by Crippen LogP contribution is -2.40. The molecule has 0 saturated heterocycles. The molecule has 132 valence electrons. The monoisotopic (exact) mass is 348 g/mol. The minimum absolute atomic E-state index is 0.333. The highest BCUT2D eigenvalue weighted by atomic mass is 16.4. The number of carbonyl (C=O) groups is 1. The molecule has 26 heavy (non-hydrogen) atoms. The van der Waals surface area contributed by atoms with Crippen LogP contribution in [0.4, 0.5) is 5.69 Å². The number of nitrogens with zero attached hydrogens (tertiary/aromatic N) is 2. The largest absolute Gasteiger partial charge is 0.478 e. The molecule has 1 aliphatic heterocycles. The average Bonchev–Trinajstić information content (AvgIpc) is 3.09. The molecule has 0 radical (unpaired) electrons. The van der Waals surface area contributed by atoms with Crippen LogP contribution in [0.5, 0.6) is 0 Å². The fourth-order valence-corrected chi connectivity index (χ4v) is 3.93. The molecule has 0 fully saturated rings. The molecule has 2 atom stereocenters. The third-order valence-corrected chi connectivity index (χ3v) is 5.06. The molecule has 5 nitrogen and oxygen atoms in total. The van der Waals surface area contributed by atoms with Crippen LogP contribution in [0.15, 0.2) is 71.9 Å². The van der Waals surface area contributed by atoms with Crippen molar-refractivity contribution < 1.29 is 15.0 Å². The number of hydrazine groups is 1. The number of hydrogen-bond donors (Lipinski definition) is 2. The summed E-state index contributed by atoms with van der Waals surface area (Å²) in [5, 5.41) is 24.1. The van der Waals surface area contributed by atoms with Gasteiger partial charge >= 0.3 is 5.97 Å². The van der Waals surface area contributed by atoms with Crippen LogP contribution in [-0.2, 0) is 4.79 Å². The second-order valence-corrected chi connectivity index (χ2v) is 6.56. The van der Waals surface area contributed by atoms with Gasteiger partial charge in [-0.2, -0.15) is 0 Å². The van der Waals surface area contributed by atoms with Gasteiger partial charge in [0.1, 0.15) is 6.10 Å². The van der Waals surface area contributed by atoms with Crippen LogP contribution < -0.4 is 5.01 Å². The Kier molecular flexibility index (Phi) is 3.81. The molecule has 4 rings (SSSR count). The van der Waals surface area contributed by atoms with Crippen LogP contribution in [-0.4, -0.2) is 27.2 Å². The van der Waals surface area contributed by atoms with Crippen LogP contribution in [0, 0.1) is 0 Å². The molecule has 0 amide bonds. The normalized spacial score (nSPS) is 21.9. The van der Waals surface area contributed by atoms with Gasteiger partial charge in [0.2, 0.25) is 0 Å². The minimum Gasteiger partial charge on any atom is -0.478 e. The summed E-state index contributed by atoms with van der Waals surface area (Å²) >= 11 is 0. The zero-order chi connectivity index (χ0) is 18.4. The standard InChI is InChI=1S/C21H20N2O3/c1-13-20(21(25)26)14(2)23(22(13)15-8-4-3-5-9-15)18-12-19(24)17-11-7-6-10-16(17)18/h3-13,19,24H,1-2H3,(H,25,26). The Morgan fingerprint density at radius 1 is 1.04 bits per heavy atom. The third-order valence-electron chi connectivity index (χ3n) is 5.06. The first-order valence-corrected chi connectivity index (χ1v) is 8.58. The van der Waals surface area contributed by atoms with Crippen molar-refractivity contribution in [3.8, 4) is 0 Å². The zero-order valence-electron chi connectivity index (χ0n) is 14.6. The number of aliphatic carboxylic acids is 1. The van der Waals surface area contributed by atoms with Gasteiger partial charge in [-0.05, 0) is 37.6 Å². The van der Waals surface area contributed by atoms with Crippen LogP contribution in [0.25, 0.3) is 5.70 Å². The maximum absolute atomic E-state index is 11.9. The summed E-state index contributed by atoms with van der Waals surface area (Å²) in [7, 11) is 0. The van der Waals surface area contributed by atoms with E-state index in [0.717, 1.165) is 22.5 Å². The highest BCUT2D eigenvalue weighted by molar-refractivity contribution is 5.92. The molecule has 1 aliphatic carbocycles. The number of allylic oxidation sites excluding steroid dienone is 1. The Hall–Kier alpha value is -3.05. The van der Waals surface area contributed by atoms with E-state index in [1.165, 1.54) is 0 Å². The number of para-hydroxylation sites is 1. The van der Waals surface area contributed by atoms with E-state index < -0.39 is 12.1 Å². The molecule has 2 aliphatic rings. The Balaban J connectivity index is 1.89. The van der Waals surface area contributed by atoms with Crippen LogP contribution in [0.2, 0.25) is 0 Å². The summed E-state index contributed by atoms with van der Waals surface area (Å²) in [6.45, 7) is 3.70. The summed E-state index contributed by atoms with van der Waals surface area (Å²) in [4.78, 5) is 11.9. The zero-order valence-corrected chi connectivity index (χ0v) is 14.6. The SMILES string of the molecule is CC1=C(C(=O)O)C(C)N(c2ccccc2)N1C1=CC(O)c2ccccc21. The Labute approximate surface area is 152 Å². The van der Waals surface area contributed by atoms with Crippen LogP contribution >= 0.6 is 0 Å². The molecular formula is C21H20N2O3. The van der Waals surface area contributed by atoms with Crippen LogP contribution in [0.1, 0.15) is 31.1 Å². The quantitative estimate of drug-likeness (QED) is 0.888. The molecule has 0 bridgehead atoms. The number of aliphatic hydroxyl groups is 1. The van der Waals surface area contributed by atoms with E-state index in [9.17, 15) is 15.0 Å². The first kappa shape index (κ1) is 16.4. The third kappa shape index (κ3) is 2.32. The molecular weight excluding hydrogens is 328 g/mol. The van der Waals surface area contributed by atoms with Gasteiger partial charge in [-0.3, -0.25) is 10.0 Å². The van der Waals surface area contributed by atoms with Crippen molar-refractivity contribution in [1.82, 2.24) is 5.01 Å². The second-order valence-electron chi connectivity index (χ2n) is 6.56.